The van der Waals surface area contributed by atoms with Crippen LogP contribution in [0.25, 0.3) is 11.5 Å². The molecule has 1 radical (unpaired) electrons. The fourth-order valence-corrected chi connectivity index (χ4v) is 2.46. The Kier molecular flexibility index (Phi) is 5.07. The number of aromatic nitrogens is 2. The van der Waals surface area contributed by atoms with Gasteiger partial charge in [0.05, 0.1) is 12.3 Å². The van der Waals surface area contributed by atoms with Gasteiger partial charge in [0.15, 0.2) is 0 Å². The fourth-order valence-electron chi connectivity index (χ4n) is 2.46. The number of benzene rings is 2. The molecule has 0 unspecified atom stereocenters. The SMILES string of the molecule is OCCn1ccnc1[B]C(=Cc1ccccc1)c1ccccc1. The lowest BCUT2D eigenvalue weighted by Crippen LogP contribution is -2.28. The van der Waals surface area contributed by atoms with Crippen molar-refractivity contribution < 1.29 is 5.11 Å². The Morgan fingerprint density at radius 2 is 1.74 bits per heavy atom. The maximum Gasteiger partial charge on any atom is 0.241 e. The van der Waals surface area contributed by atoms with E-state index in [0.29, 0.717) is 6.54 Å². The molecule has 0 saturated heterocycles. The van der Waals surface area contributed by atoms with Crippen LogP contribution >= 0.6 is 0 Å². The fraction of sp³-hybridized carbons (Fsp3) is 0.105. The van der Waals surface area contributed by atoms with Crippen molar-refractivity contribution in [1.82, 2.24) is 9.55 Å². The van der Waals surface area contributed by atoms with E-state index in [-0.39, 0.29) is 6.61 Å². The first-order chi connectivity index (χ1) is 11.4. The minimum atomic E-state index is 0.0975. The van der Waals surface area contributed by atoms with Gasteiger partial charge in [-0.25, -0.2) is 0 Å². The highest BCUT2D eigenvalue weighted by Crippen LogP contribution is 2.17. The van der Waals surface area contributed by atoms with E-state index < -0.39 is 0 Å². The summed E-state index contributed by atoms with van der Waals surface area (Å²) >= 11 is 0. The van der Waals surface area contributed by atoms with E-state index in [1.165, 1.54) is 0 Å². The van der Waals surface area contributed by atoms with Crippen LogP contribution in [0.3, 0.4) is 0 Å². The Morgan fingerprint density at radius 1 is 1.04 bits per heavy atom. The first kappa shape index (κ1) is 15.3. The highest BCUT2D eigenvalue weighted by molar-refractivity contribution is 6.73. The summed E-state index contributed by atoms with van der Waals surface area (Å²) in [6.45, 7) is 0.638. The number of nitrogens with zero attached hydrogens (tertiary/aromatic N) is 2. The predicted octanol–water partition coefficient (Wildman–Crippen LogP) is 2.40. The van der Waals surface area contributed by atoms with Gasteiger partial charge in [-0.05, 0) is 11.1 Å². The van der Waals surface area contributed by atoms with E-state index in [4.69, 9.17) is 0 Å². The van der Waals surface area contributed by atoms with Crippen LogP contribution < -0.4 is 5.72 Å². The molecule has 0 fully saturated rings. The highest BCUT2D eigenvalue weighted by atomic mass is 16.3. The number of aliphatic hydroxyl groups is 1. The maximum absolute atomic E-state index is 9.17. The second-order valence-electron chi connectivity index (χ2n) is 5.22. The Balaban J connectivity index is 1.96. The van der Waals surface area contributed by atoms with Crippen molar-refractivity contribution in [1.29, 1.82) is 0 Å². The summed E-state index contributed by atoms with van der Waals surface area (Å²) in [7, 11) is 2.05. The van der Waals surface area contributed by atoms with Gasteiger partial charge in [0.1, 0.15) is 0 Å². The number of imidazole rings is 1. The Bertz CT molecular complexity index is 766. The number of aliphatic hydroxyl groups excluding tert-OH is 1. The van der Waals surface area contributed by atoms with Crippen LogP contribution in [-0.2, 0) is 6.54 Å². The normalized spacial score (nSPS) is 11.4. The van der Waals surface area contributed by atoms with Crippen LogP contribution in [0.15, 0.2) is 73.1 Å². The second-order valence-corrected chi connectivity index (χ2v) is 5.22. The zero-order valence-electron chi connectivity index (χ0n) is 12.8. The number of hydrogen-bond donors (Lipinski definition) is 1. The van der Waals surface area contributed by atoms with Crippen molar-refractivity contribution in [2.75, 3.05) is 6.61 Å². The molecule has 0 amide bonds. The molecule has 3 aromatic rings. The quantitative estimate of drug-likeness (QED) is 0.561. The molecule has 113 valence electrons. The van der Waals surface area contributed by atoms with Crippen LogP contribution in [0, 0.1) is 0 Å². The average Bonchev–Trinajstić information content (AvgIpc) is 3.03. The number of rotatable bonds is 6. The lowest BCUT2D eigenvalue weighted by molar-refractivity contribution is 0.277. The largest absolute Gasteiger partial charge is 0.395 e. The molecule has 0 bridgehead atoms. The zero-order chi connectivity index (χ0) is 15.9. The molecule has 1 N–H and O–H groups in total. The zero-order valence-corrected chi connectivity index (χ0v) is 12.8. The standard InChI is InChI=1S/C19H18BN2O/c23-14-13-22-12-11-21-19(22)20-18(17-9-5-2-6-10-17)15-16-7-3-1-4-8-16/h1-12,15,23H,13-14H2. The van der Waals surface area contributed by atoms with Crippen LogP contribution in [-0.4, -0.2) is 28.5 Å². The van der Waals surface area contributed by atoms with Gasteiger partial charge in [-0.1, -0.05) is 72.2 Å². The third kappa shape index (κ3) is 3.99. The van der Waals surface area contributed by atoms with Gasteiger partial charge >= 0.3 is 0 Å². The van der Waals surface area contributed by atoms with Gasteiger partial charge in [0.2, 0.25) is 7.28 Å². The minimum Gasteiger partial charge on any atom is -0.395 e. The van der Waals surface area contributed by atoms with Crippen molar-refractivity contribution in [2.45, 2.75) is 6.54 Å². The Labute approximate surface area is 137 Å². The van der Waals surface area contributed by atoms with Gasteiger partial charge in [0, 0.05) is 18.9 Å². The molecule has 0 aliphatic carbocycles. The van der Waals surface area contributed by atoms with Gasteiger partial charge in [-0.2, -0.15) is 0 Å². The molecule has 0 aliphatic rings. The smallest absolute Gasteiger partial charge is 0.241 e. The predicted molar refractivity (Wildman–Crippen MR) is 95.5 cm³/mol. The minimum absolute atomic E-state index is 0.0975. The molecule has 0 spiro atoms. The van der Waals surface area contributed by atoms with Crippen molar-refractivity contribution >= 4 is 24.6 Å². The summed E-state index contributed by atoms with van der Waals surface area (Å²) in [6.07, 6.45) is 5.78. The summed E-state index contributed by atoms with van der Waals surface area (Å²) in [6, 6.07) is 20.5. The lowest BCUT2D eigenvalue weighted by Gasteiger charge is -2.09. The average molecular weight is 301 g/mol. The lowest BCUT2D eigenvalue weighted by atomic mass is 9.65. The number of hydrogen-bond acceptors (Lipinski definition) is 2. The summed E-state index contributed by atoms with van der Waals surface area (Å²) in [5.41, 5.74) is 4.20. The van der Waals surface area contributed by atoms with Gasteiger partial charge in [-0.3, -0.25) is 4.98 Å². The van der Waals surface area contributed by atoms with E-state index in [0.717, 1.165) is 22.3 Å². The van der Waals surface area contributed by atoms with E-state index in [9.17, 15) is 5.11 Å². The van der Waals surface area contributed by atoms with E-state index in [2.05, 4.69) is 42.6 Å². The molecule has 4 heteroatoms. The molecule has 3 nitrogen and oxygen atoms in total. The molecule has 1 aromatic heterocycles. The van der Waals surface area contributed by atoms with Gasteiger partial charge < -0.3 is 9.67 Å². The van der Waals surface area contributed by atoms with Gasteiger partial charge in [0.25, 0.3) is 0 Å². The molecule has 3 rings (SSSR count). The monoisotopic (exact) mass is 301 g/mol. The van der Waals surface area contributed by atoms with E-state index >= 15 is 0 Å². The summed E-state index contributed by atoms with van der Waals surface area (Å²) < 4.78 is 1.95. The van der Waals surface area contributed by atoms with Crippen LogP contribution in [0.1, 0.15) is 11.1 Å². The topological polar surface area (TPSA) is 38.0 Å². The third-order valence-corrected chi connectivity index (χ3v) is 3.60. The molecule has 0 atom stereocenters. The second kappa shape index (κ2) is 7.61. The van der Waals surface area contributed by atoms with Crippen molar-refractivity contribution in [3.8, 4) is 0 Å². The molecule has 0 aliphatic heterocycles. The van der Waals surface area contributed by atoms with Crippen LogP contribution in [0.5, 0.6) is 0 Å². The van der Waals surface area contributed by atoms with Crippen LogP contribution in [0.2, 0.25) is 0 Å². The molecule has 1 heterocycles. The van der Waals surface area contributed by atoms with E-state index in [1.807, 2.05) is 47.2 Å². The first-order valence-electron chi connectivity index (χ1n) is 7.66. The third-order valence-electron chi connectivity index (χ3n) is 3.60. The van der Waals surface area contributed by atoms with E-state index in [1.54, 1.807) is 6.20 Å². The molecular weight excluding hydrogens is 283 g/mol. The van der Waals surface area contributed by atoms with Crippen LogP contribution in [0.4, 0.5) is 0 Å². The van der Waals surface area contributed by atoms with Crippen molar-refractivity contribution in [3.63, 3.8) is 0 Å². The summed E-state index contributed by atoms with van der Waals surface area (Å²) in [4.78, 5) is 4.40. The Hall–Kier alpha value is -2.59. The highest BCUT2D eigenvalue weighted by Gasteiger charge is 2.10. The molecular formula is C19H18BN2O. The molecule has 2 aromatic carbocycles. The Morgan fingerprint density at radius 3 is 2.43 bits per heavy atom. The molecule has 23 heavy (non-hydrogen) atoms. The summed E-state index contributed by atoms with van der Waals surface area (Å²) in [5.74, 6) is 0. The maximum atomic E-state index is 9.17. The first-order valence-corrected chi connectivity index (χ1v) is 7.66. The molecule has 0 saturated carbocycles. The summed E-state index contributed by atoms with van der Waals surface area (Å²) in [5, 5.41) is 9.17. The van der Waals surface area contributed by atoms with Crippen molar-refractivity contribution in [2.24, 2.45) is 0 Å². The van der Waals surface area contributed by atoms with Gasteiger partial charge in [-0.15, -0.1) is 0 Å². The van der Waals surface area contributed by atoms with Crippen molar-refractivity contribution in [3.05, 3.63) is 84.2 Å².